The molecule has 0 saturated carbocycles. The van der Waals surface area contributed by atoms with Gasteiger partial charge in [0.15, 0.2) is 0 Å². The number of hydrogen-bond donors (Lipinski definition) is 1. The van der Waals surface area contributed by atoms with Crippen molar-refractivity contribution in [2.45, 2.75) is 18.6 Å². The second-order valence-electron chi connectivity index (χ2n) is 7.24. The number of aliphatic hydroxyl groups is 1. The number of hydrogen-bond acceptors (Lipinski definition) is 5. The number of benzene rings is 1. The molecular weight excluding hydrogens is 372 g/mol. The van der Waals surface area contributed by atoms with Crippen LogP contribution in [-0.4, -0.2) is 47.6 Å². The molecule has 3 aromatic rings. The normalized spacial score (nSPS) is 16.6. The summed E-state index contributed by atoms with van der Waals surface area (Å²) in [6.45, 7) is 6.25. The first-order valence-corrected chi connectivity index (χ1v) is 11.4. The fraction of sp³-hybridized carbons (Fsp3) is 0.364. The van der Waals surface area contributed by atoms with Gasteiger partial charge in [0.2, 0.25) is 0 Å². The average Bonchev–Trinajstić information content (AvgIpc) is 3.42. The summed E-state index contributed by atoms with van der Waals surface area (Å²) >= 11 is 3.30. The first kappa shape index (κ1) is 18.8. The van der Waals surface area contributed by atoms with E-state index < -0.39 is 5.60 Å². The molecule has 1 aromatic carbocycles. The largest absolute Gasteiger partial charge is 0.380 e. The first-order valence-electron chi connectivity index (χ1n) is 9.50. The number of piperazine rings is 1. The van der Waals surface area contributed by atoms with Gasteiger partial charge in [-0.2, -0.15) is 22.7 Å². The third-order valence-corrected chi connectivity index (χ3v) is 6.87. The molecule has 27 heavy (non-hydrogen) atoms. The van der Waals surface area contributed by atoms with Crippen molar-refractivity contribution >= 4 is 22.7 Å². The Bertz CT molecular complexity index is 760. The van der Waals surface area contributed by atoms with Crippen molar-refractivity contribution in [1.82, 2.24) is 9.80 Å². The van der Waals surface area contributed by atoms with Crippen LogP contribution in [0.4, 0.5) is 0 Å². The van der Waals surface area contributed by atoms with Crippen molar-refractivity contribution in [2.75, 3.05) is 32.7 Å². The van der Waals surface area contributed by atoms with E-state index in [1.807, 2.05) is 0 Å². The fourth-order valence-electron chi connectivity index (χ4n) is 3.79. The molecule has 0 bridgehead atoms. The van der Waals surface area contributed by atoms with Gasteiger partial charge in [0, 0.05) is 39.3 Å². The van der Waals surface area contributed by atoms with Crippen molar-refractivity contribution < 1.29 is 5.11 Å². The zero-order valence-electron chi connectivity index (χ0n) is 15.5. The van der Waals surface area contributed by atoms with Crippen LogP contribution in [0.15, 0.2) is 64.0 Å². The van der Waals surface area contributed by atoms with Crippen molar-refractivity contribution in [2.24, 2.45) is 0 Å². The van der Waals surface area contributed by atoms with Gasteiger partial charge in [-0.1, -0.05) is 30.3 Å². The SMILES string of the molecule is OC(CCN1CCN(Cc2ccccc2)CC1)(c1ccsc1)c1ccsc1. The summed E-state index contributed by atoms with van der Waals surface area (Å²) in [6, 6.07) is 14.8. The molecular formula is C22H26N2OS2. The lowest BCUT2D eigenvalue weighted by Gasteiger charge is -2.37. The summed E-state index contributed by atoms with van der Waals surface area (Å²) in [6.07, 6.45) is 0.735. The molecule has 142 valence electrons. The third kappa shape index (κ3) is 4.50. The maximum absolute atomic E-state index is 11.5. The molecule has 0 atom stereocenters. The topological polar surface area (TPSA) is 26.7 Å². The van der Waals surface area contributed by atoms with Crippen LogP contribution < -0.4 is 0 Å². The highest BCUT2D eigenvalue weighted by Crippen LogP contribution is 2.35. The lowest BCUT2D eigenvalue weighted by Crippen LogP contribution is -2.47. The molecule has 5 heteroatoms. The van der Waals surface area contributed by atoms with Crippen LogP contribution in [0.25, 0.3) is 0 Å². The highest BCUT2D eigenvalue weighted by molar-refractivity contribution is 7.08. The van der Waals surface area contributed by atoms with E-state index in [9.17, 15) is 5.11 Å². The van der Waals surface area contributed by atoms with Crippen LogP contribution in [0, 0.1) is 0 Å². The van der Waals surface area contributed by atoms with E-state index in [-0.39, 0.29) is 0 Å². The van der Waals surface area contributed by atoms with E-state index in [1.54, 1.807) is 22.7 Å². The highest BCUT2D eigenvalue weighted by Gasteiger charge is 2.33. The molecule has 0 spiro atoms. The monoisotopic (exact) mass is 398 g/mol. The van der Waals surface area contributed by atoms with Crippen LogP contribution in [0.5, 0.6) is 0 Å². The van der Waals surface area contributed by atoms with Crippen LogP contribution in [0.3, 0.4) is 0 Å². The zero-order chi connectivity index (χ0) is 18.5. The summed E-state index contributed by atoms with van der Waals surface area (Å²) in [4.78, 5) is 5.01. The van der Waals surface area contributed by atoms with E-state index in [0.717, 1.165) is 56.8 Å². The lowest BCUT2D eigenvalue weighted by atomic mass is 9.86. The Morgan fingerprint density at radius 3 is 1.96 bits per heavy atom. The quantitative estimate of drug-likeness (QED) is 0.644. The molecule has 0 aliphatic carbocycles. The van der Waals surface area contributed by atoms with Gasteiger partial charge in [0.05, 0.1) is 0 Å². The molecule has 3 heterocycles. The van der Waals surface area contributed by atoms with Gasteiger partial charge >= 0.3 is 0 Å². The molecule has 1 aliphatic heterocycles. The van der Waals surface area contributed by atoms with Gasteiger partial charge in [-0.3, -0.25) is 4.90 Å². The standard InChI is InChI=1S/C22H26N2OS2/c25-22(20-6-14-26-17-20,21-7-15-27-18-21)8-9-23-10-12-24(13-11-23)16-19-4-2-1-3-5-19/h1-7,14-15,17-18,25H,8-13,16H2. The Hall–Kier alpha value is -1.50. The Balaban J connectivity index is 1.33. The van der Waals surface area contributed by atoms with Gasteiger partial charge < -0.3 is 10.0 Å². The maximum Gasteiger partial charge on any atom is 0.117 e. The second kappa shape index (κ2) is 8.67. The molecule has 1 aliphatic rings. The van der Waals surface area contributed by atoms with Crippen molar-refractivity contribution in [3.8, 4) is 0 Å². The molecule has 1 saturated heterocycles. The highest BCUT2D eigenvalue weighted by atomic mass is 32.1. The van der Waals surface area contributed by atoms with Gasteiger partial charge in [0.25, 0.3) is 0 Å². The van der Waals surface area contributed by atoms with Gasteiger partial charge in [-0.05, 0) is 56.8 Å². The first-order chi connectivity index (χ1) is 13.2. The minimum absolute atomic E-state index is 0.735. The second-order valence-corrected chi connectivity index (χ2v) is 8.80. The molecule has 3 nitrogen and oxygen atoms in total. The lowest BCUT2D eigenvalue weighted by molar-refractivity contribution is 0.0469. The predicted molar refractivity (Wildman–Crippen MR) is 114 cm³/mol. The number of rotatable bonds is 7. The smallest absolute Gasteiger partial charge is 0.117 e. The molecule has 4 rings (SSSR count). The van der Waals surface area contributed by atoms with Gasteiger partial charge in [-0.15, -0.1) is 0 Å². The van der Waals surface area contributed by atoms with E-state index in [0.29, 0.717) is 0 Å². The fourth-order valence-corrected chi connectivity index (χ4v) is 5.24. The van der Waals surface area contributed by atoms with E-state index in [4.69, 9.17) is 0 Å². The Morgan fingerprint density at radius 1 is 0.815 bits per heavy atom. The molecule has 0 radical (unpaired) electrons. The molecule has 0 amide bonds. The predicted octanol–water partition coefficient (Wildman–Crippen LogP) is 4.25. The third-order valence-electron chi connectivity index (χ3n) is 5.50. The van der Waals surface area contributed by atoms with Gasteiger partial charge in [0.1, 0.15) is 5.60 Å². The molecule has 1 fully saturated rings. The number of thiophene rings is 2. The Labute approximate surface area is 169 Å². The van der Waals surface area contributed by atoms with Gasteiger partial charge in [-0.25, -0.2) is 0 Å². The summed E-state index contributed by atoms with van der Waals surface area (Å²) in [5.41, 5.74) is 2.55. The van der Waals surface area contributed by atoms with E-state index in [1.165, 1.54) is 5.56 Å². The average molecular weight is 399 g/mol. The zero-order valence-corrected chi connectivity index (χ0v) is 17.1. The van der Waals surface area contributed by atoms with Crippen molar-refractivity contribution in [3.05, 3.63) is 80.7 Å². The number of nitrogens with zero attached hydrogens (tertiary/aromatic N) is 2. The minimum Gasteiger partial charge on any atom is -0.380 e. The Morgan fingerprint density at radius 2 is 1.41 bits per heavy atom. The Kier molecular flexibility index (Phi) is 6.05. The van der Waals surface area contributed by atoms with E-state index >= 15 is 0 Å². The summed E-state index contributed by atoms with van der Waals surface area (Å²) in [7, 11) is 0. The molecule has 1 N–H and O–H groups in total. The summed E-state index contributed by atoms with van der Waals surface area (Å²) in [5, 5.41) is 19.7. The summed E-state index contributed by atoms with van der Waals surface area (Å²) < 4.78 is 0. The van der Waals surface area contributed by atoms with Crippen molar-refractivity contribution in [3.63, 3.8) is 0 Å². The van der Waals surface area contributed by atoms with Crippen LogP contribution in [0.2, 0.25) is 0 Å². The maximum atomic E-state index is 11.5. The summed E-state index contributed by atoms with van der Waals surface area (Å²) in [5.74, 6) is 0. The van der Waals surface area contributed by atoms with Crippen LogP contribution >= 0.6 is 22.7 Å². The molecule has 0 unspecified atom stereocenters. The van der Waals surface area contributed by atoms with Crippen LogP contribution in [0.1, 0.15) is 23.1 Å². The minimum atomic E-state index is -0.874. The molecule has 2 aromatic heterocycles. The van der Waals surface area contributed by atoms with Crippen LogP contribution in [-0.2, 0) is 12.1 Å². The van der Waals surface area contributed by atoms with E-state index in [2.05, 4.69) is 73.8 Å². The van der Waals surface area contributed by atoms with Crippen molar-refractivity contribution in [1.29, 1.82) is 0 Å².